The predicted octanol–water partition coefficient (Wildman–Crippen LogP) is 1.73. The largest absolute Gasteiger partial charge is 0.449 e. The minimum absolute atomic E-state index is 0.193. The fourth-order valence-corrected chi connectivity index (χ4v) is 1.47. The topological polar surface area (TPSA) is 39.1 Å². The van der Waals surface area contributed by atoms with Crippen molar-refractivity contribution in [2.24, 2.45) is 0 Å². The summed E-state index contributed by atoms with van der Waals surface area (Å²) in [5.74, 6) is -1.28. The van der Waals surface area contributed by atoms with Crippen LogP contribution in [0.2, 0.25) is 0 Å². The van der Waals surface area contributed by atoms with Crippen LogP contribution in [0.1, 0.15) is 13.8 Å². The lowest BCUT2D eigenvalue weighted by Crippen LogP contribution is -2.49. The number of hydrogen-bond acceptors (Lipinski definition) is 2. The molecular weight excluding hydrogens is 207 g/mol. The second-order valence-corrected chi connectivity index (χ2v) is 3.62. The number of rotatable bonds is 0. The maximum Gasteiger partial charge on any atom is 0.449 e. The lowest BCUT2D eigenvalue weighted by molar-refractivity contribution is -0.0687. The van der Waals surface area contributed by atoms with E-state index in [1.165, 1.54) is 0 Å². The number of nitrogens with zero attached hydrogens (tertiary/aromatic N) is 1. The quantitative estimate of drug-likeness (QED) is 0.483. The van der Waals surface area contributed by atoms with E-state index in [0.717, 1.165) is 10.5 Å². The Labute approximate surface area is 86.5 Å². The first-order valence-corrected chi connectivity index (χ1v) is 4.64. The molecule has 1 fully saturated rings. The molecule has 0 radical (unpaired) electrons. The first-order valence-electron chi connectivity index (χ1n) is 4.64. The third-order valence-corrected chi connectivity index (χ3v) is 2.25. The highest BCUT2D eigenvalue weighted by Crippen LogP contribution is 2.23. The Morgan fingerprint density at radius 2 is 2.00 bits per heavy atom. The fourth-order valence-electron chi connectivity index (χ4n) is 1.47. The first kappa shape index (κ1) is 12.0. The Balaban J connectivity index is 2.92. The Morgan fingerprint density at radius 1 is 1.40 bits per heavy atom. The summed E-state index contributed by atoms with van der Waals surface area (Å²) >= 11 is 0. The number of piperazine rings is 1. The van der Waals surface area contributed by atoms with Crippen LogP contribution < -0.4 is 5.32 Å². The van der Waals surface area contributed by atoms with Crippen LogP contribution in [0.5, 0.6) is 0 Å². The van der Waals surface area contributed by atoms with Gasteiger partial charge in [-0.3, -0.25) is 5.41 Å². The van der Waals surface area contributed by atoms with Crippen molar-refractivity contribution in [3.05, 3.63) is 11.3 Å². The summed E-state index contributed by atoms with van der Waals surface area (Å²) in [5.41, 5.74) is 1.35. The molecule has 0 bridgehead atoms. The molecule has 1 aliphatic rings. The van der Waals surface area contributed by atoms with Gasteiger partial charge in [0.25, 0.3) is 0 Å². The molecule has 3 nitrogen and oxygen atoms in total. The van der Waals surface area contributed by atoms with Crippen LogP contribution in [-0.4, -0.2) is 36.5 Å². The molecule has 1 saturated heterocycles. The minimum Gasteiger partial charge on any atom is -0.324 e. The van der Waals surface area contributed by atoms with Gasteiger partial charge in [0.05, 0.1) is 0 Å². The zero-order valence-corrected chi connectivity index (χ0v) is 8.70. The van der Waals surface area contributed by atoms with Crippen molar-refractivity contribution in [3.63, 3.8) is 0 Å². The molecule has 1 heterocycles. The molecule has 1 rings (SSSR count). The third-order valence-electron chi connectivity index (χ3n) is 2.25. The number of alkyl halides is 3. The number of halogens is 3. The van der Waals surface area contributed by atoms with Crippen LogP contribution in [0.25, 0.3) is 0 Å². The maximum atomic E-state index is 12.4. The molecule has 0 unspecified atom stereocenters. The average molecular weight is 221 g/mol. The van der Waals surface area contributed by atoms with Crippen LogP contribution in [0.15, 0.2) is 11.3 Å². The van der Waals surface area contributed by atoms with E-state index in [4.69, 9.17) is 5.41 Å². The zero-order valence-electron chi connectivity index (χ0n) is 8.70. The maximum absolute atomic E-state index is 12.4. The van der Waals surface area contributed by atoms with Gasteiger partial charge in [0, 0.05) is 25.3 Å². The molecule has 0 aliphatic carbocycles. The molecule has 0 amide bonds. The Kier molecular flexibility index (Phi) is 3.38. The molecule has 2 N–H and O–H groups in total. The van der Waals surface area contributed by atoms with Crippen molar-refractivity contribution in [1.82, 2.24) is 10.2 Å². The monoisotopic (exact) mass is 221 g/mol. The van der Waals surface area contributed by atoms with Crippen molar-refractivity contribution >= 4 is 5.84 Å². The van der Waals surface area contributed by atoms with E-state index >= 15 is 0 Å². The molecule has 0 saturated carbocycles. The molecule has 0 aromatic rings. The van der Waals surface area contributed by atoms with Gasteiger partial charge in [-0.2, -0.15) is 13.2 Å². The lowest BCUT2D eigenvalue weighted by Gasteiger charge is -2.33. The van der Waals surface area contributed by atoms with Gasteiger partial charge in [-0.1, -0.05) is 5.57 Å². The molecule has 6 heteroatoms. The molecule has 86 valence electrons. The molecular formula is C9H14F3N3. The van der Waals surface area contributed by atoms with Gasteiger partial charge in [0.2, 0.25) is 5.84 Å². The normalized spacial score (nSPS) is 17.9. The van der Waals surface area contributed by atoms with Gasteiger partial charge in [-0.15, -0.1) is 0 Å². The minimum atomic E-state index is -4.57. The summed E-state index contributed by atoms with van der Waals surface area (Å²) in [6.07, 6.45) is -4.57. The van der Waals surface area contributed by atoms with Crippen LogP contribution >= 0.6 is 0 Å². The van der Waals surface area contributed by atoms with E-state index in [9.17, 15) is 13.2 Å². The zero-order chi connectivity index (χ0) is 11.6. The number of allylic oxidation sites excluding steroid dienone is 1. The van der Waals surface area contributed by atoms with Crippen LogP contribution in [0.3, 0.4) is 0 Å². The van der Waals surface area contributed by atoms with Gasteiger partial charge < -0.3 is 10.2 Å². The predicted molar refractivity (Wildman–Crippen MR) is 51.7 cm³/mol. The summed E-state index contributed by atoms with van der Waals surface area (Å²) in [7, 11) is 0. The number of amidine groups is 1. The summed E-state index contributed by atoms with van der Waals surface area (Å²) in [6, 6.07) is 0. The Morgan fingerprint density at radius 3 is 2.47 bits per heavy atom. The average Bonchev–Trinajstić information content (AvgIpc) is 2.15. The van der Waals surface area contributed by atoms with Crippen LogP contribution in [0, 0.1) is 5.41 Å². The molecule has 15 heavy (non-hydrogen) atoms. The van der Waals surface area contributed by atoms with Crippen LogP contribution in [0.4, 0.5) is 13.2 Å². The third kappa shape index (κ3) is 2.71. The molecule has 0 spiro atoms. The highest BCUT2D eigenvalue weighted by Gasteiger charge is 2.40. The second-order valence-electron chi connectivity index (χ2n) is 3.62. The van der Waals surface area contributed by atoms with Gasteiger partial charge in [0.15, 0.2) is 0 Å². The van der Waals surface area contributed by atoms with E-state index in [0.29, 0.717) is 18.8 Å². The smallest absolute Gasteiger partial charge is 0.324 e. The van der Waals surface area contributed by atoms with Gasteiger partial charge >= 0.3 is 6.18 Å². The van der Waals surface area contributed by atoms with E-state index in [-0.39, 0.29) is 6.54 Å². The highest BCUT2D eigenvalue weighted by molar-refractivity contribution is 5.86. The Hall–Kier alpha value is -1.04. The van der Waals surface area contributed by atoms with Gasteiger partial charge in [-0.05, 0) is 13.8 Å². The van der Waals surface area contributed by atoms with Crippen molar-refractivity contribution < 1.29 is 13.2 Å². The van der Waals surface area contributed by atoms with Crippen LogP contribution in [-0.2, 0) is 0 Å². The SMILES string of the molecule is CC(C)=C1CNCCN1C(=N)C(F)(F)F. The molecule has 0 aromatic heterocycles. The summed E-state index contributed by atoms with van der Waals surface area (Å²) in [6.45, 7) is 4.55. The van der Waals surface area contributed by atoms with E-state index in [1.54, 1.807) is 13.8 Å². The number of hydrogen-bond donors (Lipinski definition) is 2. The summed E-state index contributed by atoms with van der Waals surface area (Å²) < 4.78 is 37.1. The fraction of sp³-hybridized carbons (Fsp3) is 0.667. The molecule has 0 aromatic carbocycles. The van der Waals surface area contributed by atoms with Crippen molar-refractivity contribution in [2.45, 2.75) is 20.0 Å². The molecule has 1 aliphatic heterocycles. The Bertz CT molecular complexity index is 289. The van der Waals surface area contributed by atoms with Crippen molar-refractivity contribution in [1.29, 1.82) is 5.41 Å². The van der Waals surface area contributed by atoms with E-state index < -0.39 is 12.0 Å². The lowest BCUT2D eigenvalue weighted by atomic mass is 10.2. The van der Waals surface area contributed by atoms with Gasteiger partial charge in [0.1, 0.15) is 0 Å². The van der Waals surface area contributed by atoms with Gasteiger partial charge in [-0.25, -0.2) is 0 Å². The first-order chi connectivity index (χ1) is 6.84. The highest BCUT2D eigenvalue weighted by atomic mass is 19.4. The van der Waals surface area contributed by atoms with E-state index in [1.807, 2.05) is 0 Å². The van der Waals surface area contributed by atoms with Crippen molar-refractivity contribution in [2.75, 3.05) is 19.6 Å². The van der Waals surface area contributed by atoms with Crippen molar-refractivity contribution in [3.8, 4) is 0 Å². The number of nitrogens with one attached hydrogen (secondary N) is 2. The second kappa shape index (κ2) is 4.22. The summed E-state index contributed by atoms with van der Waals surface area (Å²) in [5, 5.41) is 10.1. The van der Waals surface area contributed by atoms with E-state index in [2.05, 4.69) is 5.32 Å². The standard InChI is InChI=1S/C9H14F3N3/c1-6(2)7-5-14-3-4-15(7)8(13)9(10,11)12/h13-14H,3-5H2,1-2H3. The molecule has 0 atom stereocenters. The summed E-state index contributed by atoms with van der Waals surface area (Å²) in [4.78, 5) is 1.03.